The van der Waals surface area contributed by atoms with Gasteiger partial charge in [0, 0.05) is 118 Å². The number of unbranched alkanes of at least 4 members (excludes halogenated alkanes) is 2. The Morgan fingerprint density at radius 1 is 0.375 bits per heavy atom. The number of carbonyl (C=O) groups is 12. The molecule has 7 N–H and O–H groups in total. The molecule has 6 unspecified atom stereocenters. The molecule has 2 aromatic rings. The number of thioether (sulfide) groups is 2. The summed E-state index contributed by atoms with van der Waals surface area (Å²) < 4.78 is 76.5. The number of Topliss-reactive ketones (excluding diaryl/α,β-unsaturated/α-hetero) is 2. The molecule has 5 fully saturated rings. The zero-order chi connectivity index (χ0) is 85.4. The Kier molecular flexibility index (Phi) is 50.3. The molecule has 2 aromatic carbocycles. The van der Waals surface area contributed by atoms with Gasteiger partial charge in [-0.25, -0.2) is 24.2 Å². The number of ketones is 2. The Balaban J connectivity index is 0.000000269. The smallest absolute Gasteiger partial charge is 0.337 e. The van der Waals surface area contributed by atoms with Gasteiger partial charge in [0.15, 0.2) is 0 Å². The highest BCUT2D eigenvalue weighted by molar-refractivity contribution is 8.00. The van der Waals surface area contributed by atoms with E-state index in [1.807, 2.05) is 23.5 Å². The number of rotatable bonds is 66. The molecule has 38 heteroatoms. The minimum absolute atomic E-state index is 0.0344. The van der Waals surface area contributed by atoms with Crippen LogP contribution in [0.2, 0.25) is 0 Å². The maximum atomic E-state index is 12.3. The summed E-state index contributed by atoms with van der Waals surface area (Å²) in [5.74, 6) is -1.07. The summed E-state index contributed by atoms with van der Waals surface area (Å²) in [6.45, 7) is 14.7. The molecule has 9 rings (SSSR count). The second-order valence-corrected chi connectivity index (χ2v) is 30.7. The Labute approximate surface area is 709 Å². The molecule has 5 saturated heterocycles. The number of fused-ring (bicyclic) bond motifs is 2. The van der Waals surface area contributed by atoms with Crippen molar-refractivity contribution in [3.63, 3.8) is 0 Å². The molecule has 0 saturated carbocycles. The van der Waals surface area contributed by atoms with E-state index in [-0.39, 0.29) is 85.4 Å². The Morgan fingerprint density at radius 3 is 1.07 bits per heavy atom. The summed E-state index contributed by atoms with van der Waals surface area (Å²) in [6.07, 6.45) is 14.3. The van der Waals surface area contributed by atoms with Gasteiger partial charge in [0.2, 0.25) is 5.91 Å². The highest BCUT2D eigenvalue weighted by atomic mass is 32.2. The molecular formula is C82H121N9O27S2. The number of hydrogen-bond donors (Lipinski definition) is 6. The van der Waals surface area contributed by atoms with E-state index < -0.39 is 29.6 Å². The largest absolute Gasteiger partial charge is 0.379 e. The van der Waals surface area contributed by atoms with Gasteiger partial charge in [-0.05, 0) is 73.9 Å². The molecule has 7 heterocycles. The Morgan fingerprint density at radius 2 is 0.700 bits per heavy atom. The number of urea groups is 2. The molecule has 36 nitrogen and oxygen atoms in total. The van der Waals surface area contributed by atoms with Gasteiger partial charge in [0.25, 0.3) is 35.4 Å². The standard InChI is InChI=1S/C39H58N4O12S.C27H51N3O9S.C16H12N2O6/c44-32(28-30-7-9-31(10-8-30)43-36(46)11-12-37(43)47)4-3-14-49-16-18-51-20-22-53-24-26-55-27-25-54-23-21-52-19-17-50-15-13-40-35(45)6-2-1-5-34-38-33(29-56-34)41-39(48)42-38;28-7-9-34-11-13-36-15-17-38-19-21-39-20-18-37-16-14-35-12-10-33-8-3-5-23(31)4-1-2-6-25-26-24(22-40-25)29-27(32)30-26;19-12-5-6-13(20)17(12)11-3-1-10(2-4-11)9-16(23)24-18-14(21)7-8-15(18)22/h7-12,33-34,38H,1-6,13-29H2,(H,40,45)(H2,41,42,48);24-26H,1-22,28H2,(H2,29,30,32);1-6H,7-9H2. The van der Waals surface area contributed by atoms with Crippen LogP contribution < -0.4 is 42.1 Å². The molecule has 6 atom stereocenters. The number of nitrogens with two attached hydrogens (primary N) is 1. The first-order valence-corrected chi connectivity index (χ1v) is 43.5. The van der Waals surface area contributed by atoms with E-state index in [1.54, 1.807) is 36.4 Å². The fraction of sp³-hybridized carbons (Fsp3) is 0.659. The van der Waals surface area contributed by atoms with Crippen LogP contribution in [-0.4, -0.2) is 320 Å². The predicted molar refractivity (Wildman–Crippen MR) is 441 cm³/mol. The third-order valence-electron chi connectivity index (χ3n) is 19.0. The molecule has 120 heavy (non-hydrogen) atoms. The second kappa shape index (κ2) is 60.7. The summed E-state index contributed by atoms with van der Waals surface area (Å²) in [5.41, 5.74) is 7.58. The molecule has 0 spiro atoms. The summed E-state index contributed by atoms with van der Waals surface area (Å²) >= 11 is 3.82. The van der Waals surface area contributed by atoms with Crippen LogP contribution in [0.5, 0.6) is 0 Å². The lowest BCUT2D eigenvalue weighted by atomic mass is 10.0. The number of hydroxylamine groups is 2. The van der Waals surface area contributed by atoms with Crippen LogP contribution in [0.3, 0.4) is 0 Å². The van der Waals surface area contributed by atoms with Gasteiger partial charge in [-0.3, -0.25) is 43.2 Å². The molecule has 0 aliphatic carbocycles. The average molecular weight is 1730 g/mol. The summed E-state index contributed by atoms with van der Waals surface area (Å²) in [5, 5.41) is 16.2. The lowest BCUT2D eigenvalue weighted by molar-refractivity contribution is -0.197. The van der Waals surface area contributed by atoms with E-state index in [0.29, 0.717) is 268 Å². The first-order chi connectivity index (χ1) is 58.6. The second-order valence-electron chi connectivity index (χ2n) is 28.2. The third-order valence-corrected chi connectivity index (χ3v) is 22.0. The van der Waals surface area contributed by atoms with E-state index in [9.17, 15) is 57.5 Å². The number of hydrogen-bond acceptors (Lipinski definition) is 30. The average Bonchev–Trinajstić information content (AvgIpc) is 1.69. The van der Waals surface area contributed by atoms with Crippen LogP contribution in [0.4, 0.5) is 21.0 Å². The number of nitrogens with zero attached hydrogens (tertiary/aromatic N) is 3. The topological polar surface area (TPSA) is 439 Å². The van der Waals surface area contributed by atoms with E-state index in [4.69, 9.17) is 76.9 Å². The van der Waals surface area contributed by atoms with Crippen molar-refractivity contribution >= 4 is 106 Å². The molecule has 7 aliphatic rings. The van der Waals surface area contributed by atoms with Gasteiger partial charge in [-0.2, -0.15) is 23.5 Å². The fourth-order valence-corrected chi connectivity index (χ4v) is 15.9. The highest BCUT2D eigenvalue weighted by Crippen LogP contribution is 2.35. The minimum atomic E-state index is -0.749. The predicted octanol–water partition coefficient (Wildman–Crippen LogP) is 3.37. The Hall–Kier alpha value is -7.74. The lowest BCUT2D eigenvalue weighted by Crippen LogP contribution is -2.36. The third kappa shape index (κ3) is 40.5. The van der Waals surface area contributed by atoms with Crippen LogP contribution in [0, 0.1) is 0 Å². The first kappa shape index (κ1) is 99.4. The van der Waals surface area contributed by atoms with Crippen LogP contribution >= 0.6 is 23.5 Å². The van der Waals surface area contributed by atoms with Crippen molar-refractivity contribution in [2.45, 2.75) is 137 Å². The highest BCUT2D eigenvalue weighted by Gasteiger charge is 2.44. The van der Waals surface area contributed by atoms with Crippen molar-refractivity contribution in [2.24, 2.45) is 5.73 Å². The van der Waals surface area contributed by atoms with Crippen LogP contribution in [0.15, 0.2) is 72.8 Å². The summed E-state index contributed by atoms with van der Waals surface area (Å²) in [4.78, 5) is 148. The SMILES string of the molecule is NCCOCCOCCOCCOCCOCCOCCOCCCC(=O)CCCCC1SCC2NC(=O)NC21.O=C(CCCOCCOCCOCCOCCOCCOCCOCCNC(=O)CCCCC1SCC2NC(=O)NC21)Cc1ccc(N2C(=O)C=CC2=O)cc1.O=C(Cc1ccc(N2C(=O)C=CC2=O)cc1)ON1C(=O)CCC1=O. The molecule has 11 amide bonds. The summed E-state index contributed by atoms with van der Waals surface area (Å²) in [6, 6.07) is 13.9. The minimum Gasteiger partial charge on any atom is -0.379 e. The van der Waals surface area contributed by atoms with Crippen molar-refractivity contribution in [2.75, 3.05) is 219 Å². The van der Waals surface area contributed by atoms with E-state index in [2.05, 4.69) is 26.6 Å². The number of ether oxygens (including phenoxy) is 14. The Bertz CT molecular complexity index is 3440. The van der Waals surface area contributed by atoms with Crippen LogP contribution in [-0.2, 0) is 132 Å². The molecule has 668 valence electrons. The number of carbonyl (C=O) groups excluding carboxylic acids is 12. The first-order valence-electron chi connectivity index (χ1n) is 41.4. The van der Waals surface area contributed by atoms with Gasteiger partial charge in [-0.1, -0.05) is 37.1 Å². The normalized spacial score (nSPS) is 18.9. The number of anilines is 2. The van der Waals surface area contributed by atoms with Crippen LogP contribution in [0.25, 0.3) is 0 Å². The fourth-order valence-electron chi connectivity index (χ4n) is 12.8. The number of nitrogens with one attached hydrogen (secondary N) is 5. The van der Waals surface area contributed by atoms with Crippen molar-refractivity contribution in [1.82, 2.24) is 31.6 Å². The van der Waals surface area contributed by atoms with Crippen molar-refractivity contribution in [3.05, 3.63) is 84.0 Å². The molecule has 0 aromatic heterocycles. The zero-order valence-electron chi connectivity index (χ0n) is 68.6. The van der Waals surface area contributed by atoms with Gasteiger partial charge in [0.1, 0.15) is 11.6 Å². The summed E-state index contributed by atoms with van der Waals surface area (Å²) in [7, 11) is 0. The van der Waals surface area contributed by atoms with Crippen LogP contribution in [0.1, 0.15) is 101 Å². The zero-order valence-corrected chi connectivity index (χ0v) is 70.2. The maximum absolute atomic E-state index is 12.3. The van der Waals surface area contributed by atoms with Gasteiger partial charge >= 0.3 is 18.0 Å². The number of imide groups is 3. The van der Waals surface area contributed by atoms with E-state index >= 15 is 0 Å². The van der Waals surface area contributed by atoms with Gasteiger partial charge in [-0.15, -0.1) is 5.06 Å². The van der Waals surface area contributed by atoms with E-state index in [0.717, 1.165) is 71.8 Å². The maximum Gasteiger partial charge on any atom is 0.337 e. The number of benzene rings is 2. The monoisotopic (exact) mass is 1730 g/mol. The quantitative estimate of drug-likeness (QED) is 0.0314. The van der Waals surface area contributed by atoms with Gasteiger partial charge < -0.3 is 103 Å². The lowest BCUT2D eigenvalue weighted by Gasteiger charge is -2.16. The molecule has 0 bridgehead atoms. The van der Waals surface area contributed by atoms with Crippen molar-refractivity contribution in [3.8, 4) is 0 Å². The van der Waals surface area contributed by atoms with Crippen molar-refractivity contribution < 1.29 is 129 Å². The van der Waals surface area contributed by atoms with E-state index in [1.165, 1.54) is 36.4 Å². The number of amides is 11. The van der Waals surface area contributed by atoms with Crippen molar-refractivity contribution in [1.29, 1.82) is 0 Å². The molecule has 0 radical (unpaired) electrons. The molecular weight excluding hydrogens is 1610 g/mol. The molecule has 7 aliphatic heterocycles. The van der Waals surface area contributed by atoms with Gasteiger partial charge in [0.05, 0.1) is 214 Å².